The van der Waals surface area contributed by atoms with E-state index < -0.39 is 6.04 Å². The third-order valence-corrected chi connectivity index (χ3v) is 6.06. The minimum atomic E-state index is -0.613. The lowest BCUT2D eigenvalue weighted by Gasteiger charge is -2.25. The zero-order valence-electron chi connectivity index (χ0n) is 18.5. The molecule has 2 heterocycles. The molecule has 5 rings (SSSR count). The summed E-state index contributed by atoms with van der Waals surface area (Å²) < 4.78 is 17.1. The van der Waals surface area contributed by atoms with Gasteiger partial charge in [-0.1, -0.05) is 41.9 Å². The second-order valence-corrected chi connectivity index (χ2v) is 8.49. The van der Waals surface area contributed by atoms with Crippen molar-refractivity contribution in [2.45, 2.75) is 12.5 Å². The van der Waals surface area contributed by atoms with Crippen LogP contribution in [0.2, 0.25) is 5.02 Å². The molecule has 172 valence electrons. The van der Waals surface area contributed by atoms with Crippen molar-refractivity contribution in [2.75, 3.05) is 20.3 Å². The number of hydrogen-bond donors (Lipinski definition) is 0. The maximum absolute atomic E-state index is 13.6. The third-order valence-electron chi connectivity index (χ3n) is 5.83. The molecule has 1 unspecified atom stereocenters. The maximum atomic E-state index is 13.6. The second kappa shape index (κ2) is 9.33. The molecule has 0 N–H and O–H groups in total. The van der Waals surface area contributed by atoms with E-state index in [0.29, 0.717) is 52.6 Å². The van der Waals surface area contributed by atoms with Crippen LogP contribution in [0, 0.1) is 0 Å². The number of benzene rings is 3. The van der Waals surface area contributed by atoms with Crippen LogP contribution in [0.5, 0.6) is 11.5 Å². The molecule has 0 spiro atoms. The second-order valence-electron chi connectivity index (χ2n) is 8.05. The summed E-state index contributed by atoms with van der Waals surface area (Å²) in [5.41, 5.74) is 1.14. The number of rotatable bonds is 7. The topological polar surface area (TPSA) is 69.0 Å². The Morgan fingerprint density at radius 1 is 0.971 bits per heavy atom. The van der Waals surface area contributed by atoms with Crippen LogP contribution < -0.4 is 10.2 Å². The normalized spacial score (nSPS) is 15.1. The predicted octanol–water partition coefficient (Wildman–Crippen LogP) is 5.82. The smallest absolute Gasteiger partial charge is 0.290 e. The molecule has 7 heteroatoms. The average Bonchev–Trinajstić information content (AvgIpc) is 3.12. The molecule has 0 fully saturated rings. The van der Waals surface area contributed by atoms with Crippen LogP contribution in [-0.2, 0) is 4.74 Å². The number of nitrogens with zero attached hydrogens (tertiary/aromatic N) is 1. The molecule has 1 aliphatic rings. The Balaban J connectivity index is 1.63. The lowest BCUT2D eigenvalue weighted by molar-refractivity contribution is 0.0707. The van der Waals surface area contributed by atoms with E-state index in [1.165, 1.54) is 0 Å². The quantitative estimate of drug-likeness (QED) is 0.315. The van der Waals surface area contributed by atoms with Crippen LogP contribution in [0.4, 0.5) is 0 Å². The summed E-state index contributed by atoms with van der Waals surface area (Å²) in [7, 11) is 1.62. The Bertz CT molecular complexity index is 1420. The van der Waals surface area contributed by atoms with Gasteiger partial charge in [0.15, 0.2) is 5.43 Å². The van der Waals surface area contributed by atoms with Gasteiger partial charge in [-0.3, -0.25) is 9.59 Å². The summed E-state index contributed by atoms with van der Waals surface area (Å²) in [6.07, 6.45) is 0.618. The van der Waals surface area contributed by atoms with E-state index in [-0.39, 0.29) is 17.1 Å². The number of methoxy groups -OCH3 is 1. The number of amides is 1. The molecule has 3 aromatic carbocycles. The van der Waals surface area contributed by atoms with Crippen LogP contribution in [-0.4, -0.2) is 31.1 Å². The van der Waals surface area contributed by atoms with Gasteiger partial charge in [-0.2, -0.15) is 0 Å². The first-order chi connectivity index (χ1) is 16.6. The van der Waals surface area contributed by atoms with Crippen molar-refractivity contribution in [3.05, 3.63) is 105 Å². The number of ether oxygens (including phenoxy) is 2. The summed E-state index contributed by atoms with van der Waals surface area (Å²) >= 11 is 6.15. The molecule has 0 radical (unpaired) electrons. The number of halogens is 1. The van der Waals surface area contributed by atoms with Gasteiger partial charge in [-0.25, -0.2) is 0 Å². The van der Waals surface area contributed by atoms with E-state index in [9.17, 15) is 9.59 Å². The maximum Gasteiger partial charge on any atom is 0.290 e. The average molecular weight is 476 g/mol. The molecule has 1 atom stereocenters. The third kappa shape index (κ3) is 4.06. The van der Waals surface area contributed by atoms with Gasteiger partial charge in [0.2, 0.25) is 5.76 Å². The van der Waals surface area contributed by atoms with Crippen LogP contribution >= 0.6 is 11.6 Å². The molecular formula is C27H22ClNO5. The highest BCUT2D eigenvalue weighted by Gasteiger charge is 2.42. The summed E-state index contributed by atoms with van der Waals surface area (Å²) in [5, 5.41) is 0.773. The summed E-state index contributed by atoms with van der Waals surface area (Å²) in [6, 6.07) is 21.1. The fraction of sp³-hybridized carbons (Fsp3) is 0.185. The zero-order chi connectivity index (χ0) is 23.7. The molecular weight excluding hydrogens is 454 g/mol. The van der Waals surface area contributed by atoms with E-state index >= 15 is 0 Å². The highest BCUT2D eigenvalue weighted by atomic mass is 35.5. The largest absolute Gasteiger partial charge is 0.457 e. The lowest BCUT2D eigenvalue weighted by atomic mass is 9.98. The lowest BCUT2D eigenvalue weighted by Crippen LogP contribution is -2.31. The Hall–Kier alpha value is -3.61. The summed E-state index contributed by atoms with van der Waals surface area (Å²) in [6.45, 7) is 0.894. The van der Waals surface area contributed by atoms with Gasteiger partial charge in [0.1, 0.15) is 17.1 Å². The van der Waals surface area contributed by atoms with Crippen molar-refractivity contribution < 1.29 is 18.7 Å². The van der Waals surface area contributed by atoms with Crippen LogP contribution in [0.25, 0.3) is 11.0 Å². The molecule has 1 aliphatic heterocycles. The minimum absolute atomic E-state index is 0.0663. The number of carbonyl (C=O) groups excluding carboxylic acids is 1. The summed E-state index contributed by atoms with van der Waals surface area (Å²) in [4.78, 5) is 28.7. The first-order valence-electron chi connectivity index (χ1n) is 11.0. The van der Waals surface area contributed by atoms with Gasteiger partial charge in [0, 0.05) is 25.3 Å². The van der Waals surface area contributed by atoms with Gasteiger partial charge in [-0.15, -0.1) is 0 Å². The monoisotopic (exact) mass is 475 g/mol. The molecule has 0 bridgehead atoms. The Morgan fingerprint density at radius 3 is 2.56 bits per heavy atom. The van der Waals surface area contributed by atoms with E-state index in [1.807, 2.05) is 54.6 Å². The van der Waals surface area contributed by atoms with Crippen LogP contribution in [0.15, 0.2) is 82.0 Å². The first kappa shape index (κ1) is 22.2. The van der Waals surface area contributed by atoms with Crippen molar-refractivity contribution in [2.24, 2.45) is 0 Å². The zero-order valence-corrected chi connectivity index (χ0v) is 19.2. The van der Waals surface area contributed by atoms with Crippen molar-refractivity contribution >= 4 is 28.5 Å². The van der Waals surface area contributed by atoms with E-state index in [2.05, 4.69) is 0 Å². The standard InChI is InChI=1S/C27H22ClNO5/c1-32-14-6-13-29-24(17-7-5-10-20(15-17)33-19-8-3-2-4-9-19)23-25(30)21-16-18(28)11-12-22(21)34-26(23)27(29)31/h2-5,7-12,15-16,24H,6,13-14H2,1H3. The van der Waals surface area contributed by atoms with Crippen molar-refractivity contribution in [1.82, 2.24) is 4.90 Å². The van der Waals surface area contributed by atoms with Gasteiger partial charge in [-0.05, 0) is 54.4 Å². The SMILES string of the molecule is COCCCN1C(=O)c2oc3ccc(Cl)cc3c(=O)c2C1c1cccc(Oc2ccccc2)c1. The minimum Gasteiger partial charge on any atom is -0.457 e. The molecule has 1 amide bonds. The van der Waals surface area contributed by atoms with Gasteiger partial charge in [0.25, 0.3) is 5.91 Å². The van der Waals surface area contributed by atoms with Gasteiger partial charge >= 0.3 is 0 Å². The summed E-state index contributed by atoms with van der Waals surface area (Å²) in [5.74, 6) is 1.05. The first-order valence-corrected chi connectivity index (χ1v) is 11.3. The molecule has 0 saturated carbocycles. The number of para-hydroxylation sites is 1. The van der Waals surface area contributed by atoms with Crippen molar-refractivity contribution in [3.63, 3.8) is 0 Å². The fourth-order valence-electron chi connectivity index (χ4n) is 4.32. The number of carbonyl (C=O) groups is 1. The Labute approximate surface area is 201 Å². The van der Waals surface area contributed by atoms with Gasteiger partial charge in [0.05, 0.1) is 17.0 Å². The molecule has 34 heavy (non-hydrogen) atoms. The fourth-order valence-corrected chi connectivity index (χ4v) is 4.49. The van der Waals surface area contributed by atoms with Gasteiger partial charge < -0.3 is 18.8 Å². The number of fused-ring (bicyclic) bond motifs is 2. The Morgan fingerprint density at radius 2 is 1.76 bits per heavy atom. The van der Waals surface area contributed by atoms with Crippen LogP contribution in [0.3, 0.4) is 0 Å². The molecule has 0 aliphatic carbocycles. The molecule has 0 saturated heterocycles. The highest BCUT2D eigenvalue weighted by molar-refractivity contribution is 6.31. The van der Waals surface area contributed by atoms with Crippen LogP contribution in [0.1, 0.15) is 34.1 Å². The van der Waals surface area contributed by atoms with E-state index in [4.69, 9.17) is 25.5 Å². The highest BCUT2D eigenvalue weighted by Crippen LogP contribution is 2.39. The molecule has 4 aromatic rings. The van der Waals surface area contributed by atoms with E-state index in [1.54, 1.807) is 30.2 Å². The van der Waals surface area contributed by atoms with Crippen molar-refractivity contribution in [1.29, 1.82) is 0 Å². The van der Waals surface area contributed by atoms with Crippen molar-refractivity contribution in [3.8, 4) is 11.5 Å². The number of hydrogen-bond acceptors (Lipinski definition) is 5. The van der Waals surface area contributed by atoms with E-state index in [0.717, 1.165) is 5.56 Å². The predicted molar refractivity (Wildman–Crippen MR) is 130 cm³/mol. The Kier molecular flexibility index (Phi) is 6.09. The molecule has 1 aromatic heterocycles. The molecule has 6 nitrogen and oxygen atoms in total.